The molecule has 0 bridgehead atoms. The molecule has 0 heterocycles. The molecule has 0 aliphatic rings. The Morgan fingerprint density at radius 1 is 1.00 bits per heavy atom. The molecule has 138 valence electrons. The topological polar surface area (TPSA) is 38.8 Å². The highest BCUT2D eigenvalue weighted by Gasteiger charge is 2.34. The van der Waals surface area contributed by atoms with Crippen LogP contribution in [0.1, 0.15) is 47.5 Å². The van der Waals surface area contributed by atoms with Gasteiger partial charge in [-0.2, -0.15) is 0 Å². The molecule has 0 aromatic heterocycles. The lowest BCUT2D eigenvalue weighted by Crippen LogP contribution is -2.44. The van der Waals surface area contributed by atoms with E-state index in [1.165, 1.54) is 0 Å². The molecule has 23 heavy (non-hydrogen) atoms. The van der Waals surface area contributed by atoms with Crippen LogP contribution in [0, 0.1) is 0 Å². The molecule has 0 saturated heterocycles. The standard InChI is InChI=1S/C17H39NO3Si2/c1-8-15-20-22(6,7)16-13-14-18(9-2)17(19)21-23(10-3,11-4)12-5/h8-16H2,1-7H3. The zero-order valence-electron chi connectivity index (χ0n) is 16.5. The van der Waals surface area contributed by atoms with Gasteiger partial charge in [-0.25, -0.2) is 4.79 Å². The molecule has 1 amide bonds. The minimum Gasteiger partial charge on any atom is -0.503 e. The van der Waals surface area contributed by atoms with Crippen LogP contribution in [0.3, 0.4) is 0 Å². The highest BCUT2D eigenvalue weighted by Crippen LogP contribution is 2.23. The Kier molecular flexibility index (Phi) is 11.1. The van der Waals surface area contributed by atoms with Crippen LogP contribution in [0.25, 0.3) is 0 Å². The molecule has 0 aromatic rings. The minimum absolute atomic E-state index is 0.0985. The van der Waals surface area contributed by atoms with Crippen molar-refractivity contribution in [1.29, 1.82) is 0 Å². The van der Waals surface area contributed by atoms with Crippen LogP contribution >= 0.6 is 0 Å². The van der Waals surface area contributed by atoms with E-state index in [9.17, 15) is 4.79 Å². The summed E-state index contributed by atoms with van der Waals surface area (Å²) in [6.45, 7) is 17.5. The predicted octanol–water partition coefficient (Wildman–Crippen LogP) is 5.47. The maximum absolute atomic E-state index is 12.5. The van der Waals surface area contributed by atoms with Crippen molar-refractivity contribution in [2.45, 2.75) is 84.7 Å². The summed E-state index contributed by atoms with van der Waals surface area (Å²) >= 11 is 0. The number of carbonyl (C=O) groups excluding carboxylic acids is 1. The fourth-order valence-electron chi connectivity index (χ4n) is 2.74. The number of carbonyl (C=O) groups is 1. The highest BCUT2D eigenvalue weighted by molar-refractivity contribution is 6.74. The number of hydrogen-bond donors (Lipinski definition) is 0. The van der Waals surface area contributed by atoms with Gasteiger partial charge in [0.05, 0.1) is 0 Å². The van der Waals surface area contributed by atoms with Gasteiger partial charge in [-0.05, 0) is 57.0 Å². The zero-order valence-corrected chi connectivity index (χ0v) is 18.5. The first-order valence-corrected chi connectivity index (χ1v) is 15.1. The van der Waals surface area contributed by atoms with Crippen LogP contribution in [0.2, 0.25) is 37.3 Å². The molecule has 0 spiro atoms. The lowest BCUT2D eigenvalue weighted by atomic mass is 10.4. The average molecular weight is 362 g/mol. The third kappa shape index (κ3) is 8.35. The third-order valence-corrected chi connectivity index (χ3v) is 11.8. The van der Waals surface area contributed by atoms with E-state index in [0.717, 1.165) is 56.7 Å². The maximum Gasteiger partial charge on any atom is 0.396 e. The van der Waals surface area contributed by atoms with Crippen molar-refractivity contribution in [1.82, 2.24) is 4.90 Å². The van der Waals surface area contributed by atoms with Crippen molar-refractivity contribution in [2.75, 3.05) is 19.7 Å². The van der Waals surface area contributed by atoms with Crippen molar-refractivity contribution >= 4 is 22.7 Å². The molecule has 0 aliphatic heterocycles. The molecule has 0 aromatic carbocycles. The molecule has 4 nitrogen and oxygen atoms in total. The van der Waals surface area contributed by atoms with Gasteiger partial charge in [0.1, 0.15) is 0 Å². The second-order valence-electron chi connectivity index (χ2n) is 6.90. The van der Waals surface area contributed by atoms with Gasteiger partial charge in [0, 0.05) is 19.7 Å². The van der Waals surface area contributed by atoms with E-state index in [4.69, 9.17) is 8.85 Å². The van der Waals surface area contributed by atoms with Gasteiger partial charge in [-0.15, -0.1) is 0 Å². The van der Waals surface area contributed by atoms with E-state index >= 15 is 0 Å². The lowest BCUT2D eigenvalue weighted by molar-refractivity contribution is 0.151. The van der Waals surface area contributed by atoms with Gasteiger partial charge in [-0.1, -0.05) is 27.7 Å². The van der Waals surface area contributed by atoms with E-state index in [0.29, 0.717) is 0 Å². The summed E-state index contributed by atoms with van der Waals surface area (Å²) in [5.41, 5.74) is 0. The molecular weight excluding hydrogens is 322 g/mol. The summed E-state index contributed by atoms with van der Waals surface area (Å²) in [7, 11) is -3.44. The fourth-order valence-corrected chi connectivity index (χ4v) is 7.08. The Balaban J connectivity index is 4.46. The second kappa shape index (κ2) is 11.3. The van der Waals surface area contributed by atoms with Crippen LogP contribution in [-0.4, -0.2) is 47.3 Å². The first-order valence-electron chi connectivity index (χ1n) is 9.41. The van der Waals surface area contributed by atoms with Gasteiger partial charge in [-0.3, -0.25) is 0 Å². The fraction of sp³-hybridized carbons (Fsp3) is 0.941. The summed E-state index contributed by atoms with van der Waals surface area (Å²) in [6.07, 6.45) is 1.98. The van der Waals surface area contributed by atoms with Crippen molar-refractivity contribution in [3.63, 3.8) is 0 Å². The van der Waals surface area contributed by atoms with Crippen molar-refractivity contribution in [3.8, 4) is 0 Å². The van der Waals surface area contributed by atoms with Crippen LogP contribution in [0.5, 0.6) is 0 Å². The molecule has 0 unspecified atom stereocenters. The first kappa shape index (κ1) is 22.7. The predicted molar refractivity (Wildman–Crippen MR) is 104 cm³/mol. The van der Waals surface area contributed by atoms with Crippen LogP contribution in [0.15, 0.2) is 0 Å². The molecule has 0 fully saturated rings. The average Bonchev–Trinajstić information content (AvgIpc) is 2.54. The normalized spacial score (nSPS) is 12.3. The van der Waals surface area contributed by atoms with Crippen molar-refractivity contribution < 1.29 is 13.6 Å². The van der Waals surface area contributed by atoms with E-state index in [1.54, 1.807) is 0 Å². The first-order chi connectivity index (χ1) is 10.8. The molecular formula is C17H39NO3Si2. The molecule has 0 rings (SSSR count). The highest BCUT2D eigenvalue weighted by atomic mass is 28.4. The Morgan fingerprint density at radius 3 is 2.00 bits per heavy atom. The van der Waals surface area contributed by atoms with E-state index < -0.39 is 16.6 Å². The Morgan fingerprint density at radius 2 is 1.57 bits per heavy atom. The maximum atomic E-state index is 12.5. The van der Waals surface area contributed by atoms with E-state index in [-0.39, 0.29) is 6.09 Å². The second-order valence-corrected chi connectivity index (χ2v) is 15.9. The molecule has 6 heteroatoms. The van der Waals surface area contributed by atoms with Crippen LogP contribution in [-0.2, 0) is 8.85 Å². The quantitative estimate of drug-likeness (QED) is 0.432. The summed E-state index contributed by atoms with van der Waals surface area (Å²) in [6, 6.07) is 4.12. The van der Waals surface area contributed by atoms with Crippen molar-refractivity contribution in [3.05, 3.63) is 0 Å². The van der Waals surface area contributed by atoms with Gasteiger partial charge < -0.3 is 13.8 Å². The largest absolute Gasteiger partial charge is 0.503 e. The third-order valence-electron chi connectivity index (χ3n) is 4.78. The summed E-state index contributed by atoms with van der Waals surface area (Å²) in [5, 5.41) is 0. The Hall–Kier alpha value is -0.336. The number of amides is 1. The Bertz CT molecular complexity index is 326. The summed E-state index contributed by atoms with van der Waals surface area (Å²) in [4.78, 5) is 14.4. The smallest absolute Gasteiger partial charge is 0.396 e. The van der Waals surface area contributed by atoms with E-state index in [1.807, 2.05) is 11.8 Å². The number of rotatable bonds is 12. The molecule has 0 N–H and O–H groups in total. The molecule has 0 radical (unpaired) electrons. The van der Waals surface area contributed by atoms with E-state index in [2.05, 4.69) is 40.8 Å². The zero-order chi connectivity index (χ0) is 17.9. The monoisotopic (exact) mass is 361 g/mol. The molecule has 0 atom stereocenters. The van der Waals surface area contributed by atoms with Crippen LogP contribution < -0.4 is 0 Å². The van der Waals surface area contributed by atoms with Gasteiger partial charge in [0.15, 0.2) is 8.32 Å². The van der Waals surface area contributed by atoms with Crippen molar-refractivity contribution in [2.24, 2.45) is 0 Å². The minimum atomic E-state index is -1.86. The molecule has 0 aliphatic carbocycles. The number of hydrogen-bond acceptors (Lipinski definition) is 3. The van der Waals surface area contributed by atoms with Gasteiger partial charge in [0.25, 0.3) is 8.32 Å². The summed E-state index contributed by atoms with van der Waals surface area (Å²) < 4.78 is 12.0. The van der Waals surface area contributed by atoms with Gasteiger partial charge in [0.2, 0.25) is 0 Å². The molecule has 0 saturated carbocycles. The lowest BCUT2D eigenvalue weighted by Gasteiger charge is -2.32. The SMILES string of the molecule is CCCO[Si](C)(C)CCCN(CC)C(=O)O[Si](CC)(CC)CC. The summed E-state index contributed by atoms with van der Waals surface area (Å²) in [5.74, 6) is 0. The number of nitrogens with zero attached hydrogens (tertiary/aromatic N) is 1. The van der Waals surface area contributed by atoms with Crippen LogP contribution in [0.4, 0.5) is 4.79 Å². The van der Waals surface area contributed by atoms with Gasteiger partial charge >= 0.3 is 6.09 Å². The Labute approximate surface area is 146 Å².